The van der Waals surface area contributed by atoms with Crippen molar-refractivity contribution in [3.8, 4) is 6.07 Å². The average Bonchev–Trinajstić information content (AvgIpc) is 3.70. The van der Waals surface area contributed by atoms with Crippen LogP contribution >= 0.6 is 0 Å². The second-order valence-corrected chi connectivity index (χ2v) is 10.4. The molecular weight excluding hydrogens is 414 g/mol. The Morgan fingerprint density at radius 3 is 2.48 bits per heavy atom. The molecule has 1 saturated heterocycles. The Labute approximate surface area is 195 Å². The van der Waals surface area contributed by atoms with Gasteiger partial charge in [0.25, 0.3) is 0 Å². The van der Waals surface area contributed by atoms with Gasteiger partial charge in [0.15, 0.2) is 0 Å². The number of carbonyl (C=O) groups excluding carboxylic acids is 2. The van der Waals surface area contributed by atoms with Crippen LogP contribution in [0.3, 0.4) is 0 Å². The van der Waals surface area contributed by atoms with Crippen LogP contribution < -0.4 is 4.90 Å². The molecule has 172 valence electrons. The molecular formula is C26H31N5O2. The summed E-state index contributed by atoms with van der Waals surface area (Å²) in [4.78, 5) is 36.6. The fourth-order valence-electron chi connectivity index (χ4n) is 5.73. The van der Waals surface area contributed by atoms with Gasteiger partial charge in [-0.15, -0.1) is 0 Å². The number of aromatic nitrogens is 1. The lowest BCUT2D eigenvalue weighted by Gasteiger charge is -2.43. The van der Waals surface area contributed by atoms with Crippen LogP contribution in [0.4, 0.5) is 5.82 Å². The summed E-state index contributed by atoms with van der Waals surface area (Å²) in [6.45, 7) is 6.98. The monoisotopic (exact) mass is 445 g/mol. The lowest BCUT2D eigenvalue weighted by atomic mass is 9.92. The highest BCUT2D eigenvalue weighted by atomic mass is 16.2. The highest BCUT2D eigenvalue weighted by Crippen LogP contribution is 2.45. The number of carbonyl (C=O) groups is 2. The van der Waals surface area contributed by atoms with Gasteiger partial charge in [-0.25, -0.2) is 4.98 Å². The first kappa shape index (κ1) is 20.7. The summed E-state index contributed by atoms with van der Waals surface area (Å²) < 4.78 is 0. The van der Waals surface area contributed by atoms with Crippen molar-refractivity contribution in [2.75, 3.05) is 31.1 Å². The Bertz CT molecular complexity index is 1060. The zero-order valence-electron chi connectivity index (χ0n) is 19.1. The number of piperazine rings is 1. The molecule has 4 fully saturated rings. The minimum atomic E-state index is -0.0614. The third-order valence-electron chi connectivity index (χ3n) is 8.06. The van der Waals surface area contributed by atoms with Crippen LogP contribution in [0.2, 0.25) is 0 Å². The van der Waals surface area contributed by atoms with Gasteiger partial charge in [-0.2, -0.15) is 5.26 Å². The number of nitriles is 1. The molecule has 1 aromatic rings. The highest BCUT2D eigenvalue weighted by molar-refractivity contribution is 5.87. The molecule has 7 heteroatoms. The molecule has 2 aliphatic heterocycles. The molecule has 0 bridgehead atoms. The number of rotatable bonds is 5. The van der Waals surface area contributed by atoms with E-state index in [0.29, 0.717) is 42.8 Å². The highest BCUT2D eigenvalue weighted by Gasteiger charge is 2.45. The van der Waals surface area contributed by atoms with Crippen molar-refractivity contribution in [3.63, 3.8) is 0 Å². The van der Waals surface area contributed by atoms with Crippen molar-refractivity contribution < 1.29 is 9.59 Å². The van der Waals surface area contributed by atoms with Crippen LogP contribution in [0.25, 0.3) is 0 Å². The minimum absolute atomic E-state index is 0.0614. The van der Waals surface area contributed by atoms with E-state index in [1.54, 1.807) is 0 Å². The lowest BCUT2D eigenvalue weighted by Crippen LogP contribution is -2.57. The van der Waals surface area contributed by atoms with Crippen molar-refractivity contribution in [1.29, 1.82) is 5.26 Å². The van der Waals surface area contributed by atoms with Crippen LogP contribution in [0.5, 0.6) is 0 Å². The summed E-state index contributed by atoms with van der Waals surface area (Å²) in [6.07, 6.45) is 8.75. The molecule has 3 saturated carbocycles. The maximum Gasteiger partial charge on any atom is 0.246 e. The van der Waals surface area contributed by atoms with E-state index in [0.717, 1.165) is 68.0 Å². The van der Waals surface area contributed by atoms with Gasteiger partial charge in [0.05, 0.1) is 17.3 Å². The summed E-state index contributed by atoms with van der Waals surface area (Å²) in [6, 6.07) is 2.72. The predicted octanol–water partition coefficient (Wildman–Crippen LogP) is 2.74. The number of fused-ring (bicyclic) bond motifs is 1. The largest absolute Gasteiger partial charge is 0.352 e. The number of anilines is 1. The van der Waals surface area contributed by atoms with Gasteiger partial charge in [-0.05, 0) is 68.1 Å². The molecule has 1 unspecified atom stereocenters. The Morgan fingerprint density at radius 2 is 1.85 bits per heavy atom. The molecule has 0 aromatic carbocycles. The van der Waals surface area contributed by atoms with Crippen LogP contribution in [-0.4, -0.2) is 58.8 Å². The fourth-order valence-corrected chi connectivity index (χ4v) is 5.73. The summed E-state index contributed by atoms with van der Waals surface area (Å²) in [5.74, 6) is 2.36. The SMILES string of the molecule is C=CC(=O)N1CCc2c(C#N)c(N3CCN(C(=O)C4CC4)C(C4CC4)C3)nc(C3CC3)c2C1. The van der Waals surface area contributed by atoms with E-state index in [1.807, 2.05) is 4.90 Å². The van der Waals surface area contributed by atoms with Gasteiger partial charge < -0.3 is 14.7 Å². The summed E-state index contributed by atoms with van der Waals surface area (Å²) in [5.41, 5.74) is 3.93. The van der Waals surface area contributed by atoms with Crippen molar-refractivity contribution in [1.82, 2.24) is 14.8 Å². The zero-order valence-corrected chi connectivity index (χ0v) is 19.1. The maximum absolute atomic E-state index is 12.9. The number of nitrogens with zero attached hydrogens (tertiary/aromatic N) is 5. The summed E-state index contributed by atoms with van der Waals surface area (Å²) in [7, 11) is 0. The number of pyridine rings is 1. The van der Waals surface area contributed by atoms with E-state index >= 15 is 0 Å². The first-order valence-electron chi connectivity index (χ1n) is 12.5. The molecule has 0 N–H and O–H groups in total. The van der Waals surface area contributed by atoms with E-state index in [1.165, 1.54) is 18.9 Å². The minimum Gasteiger partial charge on any atom is -0.352 e. The third-order valence-corrected chi connectivity index (χ3v) is 8.06. The van der Waals surface area contributed by atoms with Crippen molar-refractivity contribution >= 4 is 17.6 Å². The van der Waals surface area contributed by atoms with Crippen LogP contribution in [0, 0.1) is 23.2 Å². The van der Waals surface area contributed by atoms with Gasteiger partial charge in [0.2, 0.25) is 11.8 Å². The second-order valence-electron chi connectivity index (χ2n) is 10.4. The smallest absolute Gasteiger partial charge is 0.246 e. The standard InChI is InChI=1S/C26H31N5O2/c1-2-23(32)29-10-9-19-20(13-27)25(28-24(17-5-6-17)21(19)14-29)30-11-12-31(26(33)18-7-8-18)22(15-30)16-3-4-16/h2,16-18,22H,1,3-12,14-15H2. The molecule has 3 aliphatic carbocycles. The van der Waals surface area contributed by atoms with Gasteiger partial charge in [0, 0.05) is 44.6 Å². The molecule has 6 rings (SSSR count). The molecule has 0 spiro atoms. The zero-order chi connectivity index (χ0) is 22.7. The van der Waals surface area contributed by atoms with Gasteiger partial charge in [0.1, 0.15) is 11.9 Å². The first-order chi connectivity index (χ1) is 16.1. The van der Waals surface area contributed by atoms with Crippen LogP contribution in [0.1, 0.15) is 66.8 Å². The van der Waals surface area contributed by atoms with E-state index in [9.17, 15) is 14.9 Å². The molecule has 3 heterocycles. The van der Waals surface area contributed by atoms with Crippen molar-refractivity contribution in [2.45, 2.75) is 63.5 Å². The molecule has 7 nitrogen and oxygen atoms in total. The fraction of sp³-hybridized carbons (Fsp3) is 0.615. The second kappa shape index (κ2) is 7.86. The van der Waals surface area contributed by atoms with E-state index in [-0.39, 0.29) is 17.9 Å². The molecule has 5 aliphatic rings. The maximum atomic E-state index is 12.9. The Kier molecular flexibility index (Phi) is 4.93. The van der Waals surface area contributed by atoms with Crippen molar-refractivity contribution in [3.05, 3.63) is 35.0 Å². The predicted molar refractivity (Wildman–Crippen MR) is 123 cm³/mol. The Hall–Kier alpha value is -2.88. The quantitative estimate of drug-likeness (QED) is 0.651. The van der Waals surface area contributed by atoms with E-state index in [2.05, 4.69) is 22.4 Å². The van der Waals surface area contributed by atoms with E-state index in [4.69, 9.17) is 4.98 Å². The topological polar surface area (TPSA) is 80.5 Å². The van der Waals surface area contributed by atoms with Crippen LogP contribution in [0.15, 0.2) is 12.7 Å². The van der Waals surface area contributed by atoms with Crippen LogP contribution in [-0.2, 0) is 22.6 Å². The number of hydrogen-bond donors (Lipinski definition) is 0. The Balaban J connectivity index is 1.34. The molecule has 2 amide bonds. The third kappa shape index (κ3) is 3.70. The molecule has 1 aromatic heterocycles. The van der Waals surface area contributed by atoms with Gasteiger partial charge in [-0.3, -0.25) is 9.59 Å². The summed E-state index contributed by atoms with van der Waals surface area (Å²) in [5, 5.41) is 10.2. The first-order valence-corrected chi connectivity index (χ1v) is 12.5. The molecule has 0 radical (unpaired) electrons. The normalized spacial score (nSPS) is 24.8. The lowest BCUT2D eigenvalue weighted by molar-refractivity contribution is -0.135. The van der Waals surface area contributed by atoms with Gasteiger partial charge in [-0.1, -0.05) is 6.58 Å². The summed E-state index contributed by atoms with van der Waals surface area (Å²) >= 11 is 0. The Morgan fingerprint density at radius 1 is 1.06 bits per heavy atom. The van der Waals surface area contributed by atoms with Crippen molar-refractivity contribution in [2.24, 2.45) is 11.8 Å². The average molecular weight is 446 g/mol. The molecule has 33 heavy (non-hydrogen) atoms. The van der Waals surface area contributed by atoms with E-state index < -0.39 is 0 Å². The number of amides is 2. The molecule has 1 atom stereocenters. The van der Waals surface area contributed by atoms with Gasteiger partial charge >= 0.3 is 0 Å². The number of hydrogen-bond acceptors (Lipinski definition) is 5.